The predicted octanol–water partition coefficient (Wildman–Crippen LogP) is 1.16. The Hall–Kier alpha value is -1.23. The van der Waals surface area contributed by atoms with Crippen LogP contribution in [0.2, 0.25) is 0 Å². The van der Waals surface area contributed by atoms with E-state index in [1.54, 1.807) is 20.3 Å². The van der Waals surface area contributed by atoms with E-state index in [4.69, 9.17) is 15.2 Å². The number of ether oxygens (including phenoxy) is 2. The van der Waals surface area contributed by atoms with Crippen molar-refractivity contribution in [3.05, 3.63) is 35.4 Å². The third kappa shape index (κ3) is 2.88. The molecule has 0 radical (unpaired) electrons. The van der Waals surface area contributed by atoms with Gasteiger partial charge in [-0.3, -0.25) is 4.79 Å². The minimum Gasteiger partial charge on any atom is -0.382 e. The zero-order chi connectivity index (χ0) is 12.0. The molecule has 1 aromatic carbocycles. The first kappa shape index (κ1) is 12.8. The lowest BCUT2D eigenvalue weighted by molar-refractivity contribution is 0.0269. The number of Topliss-reactive ketones (excluding diaryl/α,β-unsaturated/α-hetero) is 1. The lowest BCUT2D eigenvalue weighted by Gasteiger charge is -2.17. The molecule has 0 heterocycles. The molecule has 0 saturated heterocycles. The smallest absolute Gasteiger partial charge is 0.176 e. The molecule has 1 aromatic rings. The highest BCUT2D eigenvalue weighted by molar-refractivity contribution is 5.98. The summed E-state index contributed by atoms with van der Waals surface area (Å²) in [6, 6.07) is 7.29. The van der Waals surface area contributed by atoms with Crippen molar-refractivity contribution < 1.29 is 14.3 Å². The number of rotatable bonds is 6. The molecule has 1 atom stereocenters. The highest BCUT2D eigenvalue weighted by Crippen LogP contribution is 2.21. The topological polar surface area (TPSA) is 61.5 Å². The van der Waals surface area contributed by atoms with Gasteiger partial charge in [0.25, 0.3) is 0 Å². The van der Waals surface area contributed by atoms with Crippen LogP contribution in [0, 0.1) is 0 Å². The van der Waals surface area contributed by atoms with Crippen molar-refractivity contribution in [2.45, 2.75) is 6.10 Å². The van der Waals surface area contributed by atoms with Gasteiger partial charge in [0, 0.05) is 19.8 Å². The van der Waals surface area contributed by atoms with Crippen LogP contribution >= 0.6 is 0 Å². The number of carbonyl (C=O) groups is 1. The van der Waals surface area contributed by atoms with E-state index in [2.05, 4.69) is 0 Å². The molecule has 0 amide bonds. The zero-order valence-electron chi connectivity index (χ0n) is 9.60. The Bertz CT molecular complexity index is 352. The molecule has 0 spiro atoms. The summed E-state index contributed by atoms with van der Waals surface area (Å²) < 4.78 is 10.3. The van der Waals surface area contributed by atoms with Crippen molar-refractivity contribution in [2.24, 2.45) is 5.73 Å². The fourth-order valence-electron chi connectivity index (χ4n) is 1.58. The zero-order valence-corrected chi connectivity index (χ0v) is 9.60. The van der Waals surface area contributed by atoms with Gasteiger partial charge in [0.2, 0.25) is 0 Å². The van der Waals surface area contributed by atoms with Crippen LogP contribution in [-0.4, -0.2) is 33.2 Å². The Labute approximate surface area is 95.3 Å². The fourth-order valence-corrected chi connectivity index (χ4v) is 1.58. The largest absolute Gasteiger partial charge is 0.382 e. The Balaban J connectivity index is 3.05. The van der Waals surface area contributed by atoms with E-state index in [9.17, 15) is 4.79 Å². The van der Waals surface area contributed by atoms with E-state index in [-0.39, 0.29) is 18.4 Å². The Morgan fingerprint density at radius 2 is 2.06 bits per heavy atom. The van der Waals surface area contributed by atoms with E-state index in [1.807, 2.05) is 18.2 Å². The van der Waals surface area contributed by atoms with Crippen LogP contribution in [0.1, 0.15) is 22.0 Å². The Kier molecular flexibility index (Phi) is 5.11. The van der Waals surface area contributed by atoms with Gasteiger partial charge < -0.3 is 15.2 Å². The van der Waals surface area contributed by atoms with Crippen LogP contribution in [0.5, 0.6) is 0 Å². The monoisotopic (exact) mass is 223 g/mol. The van der Waals surface area contributed by atoms with Gasteiger partial charge in [-0.1, -0.05) is 24.3 Å². The van der Waals surface area contributed by atoms with Crippen LogP contribution in [-0.2, 0) is 9.47 Å². The summed E-state index contributed by atoms with van der Waals surface area (Å²) in [6.45, 7) is 0.409. The molecule has 0 aromatic heterocycles. The average molecular weight is 223 g/mol. The molecule has 0 aliphatic rings. The van der Waals surface area contributed by atoms with Crippen LogP contribution in [0.4, 0.5) is 0 Å². The minimum atomic E-state index is -0.239. The first-order valence-electron chi connectivity index (χ1n) is 5.08. The summed E-state index contributed by atoms with van der Waals surface area (Å²) in [5.74, 6) is -0.0891. The van der Waals surface area contributed by atoms with Gasteiger partial charge in [0.05, 0.1) is 13.2 Å². The van der Waals surface area contributed by atoms with Crippen LogP contribution in [0.3, 0.4) is 0 Å². The van der Waals surface area contributed by atoms with Crippen LogP contribution in [0.25, 0.3) is 0 Å². The molecule has 1 rings (SSSR count). The number of carbonyl (C=O) groups excluding carboxylic acids is 1. The lowest BCUT2D eigenvalue weighted by atomic mass is 9.99. The molecule has 16 heavy (non-hydrogen) atoms. The van der Waals surface area contributed by atoms with Crippen molar-refractivity contribution in [3.8, 4) is 0 Å². The minimum absolute atomic E-state index is 0.000426. The molecule has 4 nitrogen and oxygen atoms in total. The summed E-state index contributed by atoms with van der Waals surface area (Å²) in [4.78, 5) is 11.6. The van der Waals surface area contributed by atoms with Crippen molar-refractivity contribution in [3.63, 3.8) is 0 Å². The van der Waals surface area contributed by atoms with E-state index in [0.717, 1.165) is 5.56 Å². The third-order valence-electron chi connectivity index (χ3n) is 2.40. The highest BCUT2D eigenvalue weighted by atomic mass is 16.5. The van der Waals surface area contributed by atoms with E-state index >= 15 is 0 Å². The van der Waals surface area contributed by atoms with E-state index in [1.165, 1.54) is 0 Å². The summed E-state index contributed by atoms with van der Waals surface area (Å²) in [7, 11) is 3.19. The lowest BCUT2D eigenvalue weighted by Crippen LogP contribution is -2.18. The molecule has 1 unspecified atom stereocenters. The summed E-state index contributed by atoms with van der Waals surface area (Å²) in [6.07, 6.45) is -0.239. The Morgan fingerprint density at radius 1 is 1.38 bits per heavy atom. The maximum atomic E-state index is 11.6. The molecular weight excluding hydrogens is 206 g/mol. The molecular formula is C12H17NO3. The quantitative estimate of drug-likeness (QED) is 0.735. The molecule has 2 N–H and O–H groups in total. The number of methoxy groups -OCH3 is 2. The second-order valence-electron chi connectivity index (χ2n) is 3.39. The van der Waals surface area contributed by atoms with Crippen molar-refractivity contribution in [2.75, 3.05) is 27.4 Å². The molecule has 0 saturated carbocycles. The molecule has 4 heteroatoms. The number of hydrogen-bond acceptors (Lipinski definition) is 4. The van der Waals surface area contributed by atoms with Gasteiger partial charge in [-0.15, -0.1) is 0 Å². The standard InChI is InChI=1S/C12H17NO3/c1-15-8-12(16-2)10-6-4-3-5-9(10)11(14)7-13/h3-6,12H,7-8,13H2,1-2H3. The molecule has 0 aliphatic heterocycles. The maximum Gasteiger partial charge on any atom is 0.176 e. The first-order chi connectivity index (χ1) is 7.74. The number of hydrogen-bond donors (Lipinski definition) is 1. The number of benzene rings is 1. The third-order valence-corrected chi connectivity index (χ3v) is 2.40. The number of ketones is 1. The second-order valence-corrected chi connectivity index (χ2v) is 3.39. The van der Waals surface area contributed by atoms with Gasteiger partial charge in [-0.25, -0.2) is 0 Å². The van der Waals surface area contributed by atoms with Crippen molar-refractivity contribution in [1.29, 1.82) is 0 Å². The summed E-state index contributed by atoms with van der Waals surface area (Å²) in [5, 5.41) is 0. The summed E-state index contributed by atoms with van der Waals surface area (Å²) >= 11 is 0. The van der Waals surface area contributed by atoms with Gasteiger partial charge in [0.1, 0.15) is 6.10 Å². The van der Waals surface area contributed by atoms with Crippen molar-refractivity contribution >= 4 is 5.78 Å². The summed E-state index contributed by atoms with van der Waals surface area (Å²) in [5.41, 5.74) is 6.79. The van der Waals surface area contributed by atoms with Gasteiger partial charge in [-0.05, 0) is 5.56 Å². The SMILES string of the molecule is COCC(OC)c1ccccc1C(=O)CN. The van der Waals surface area contributed by atoms with Crippen LogP contribution < -0.4 is 5.73 Å². The van der Waals surface area contributed by atoms with Crippen molar-refractivity contribution in [1.82, 2.24) is 0 Å². The fraction of sp³-hybridized carbons (Fsp3) is 0.417. The Morgan fingerprint density at radius 3 is 2.62 bits per heavy atom. The highest BCUT2D eigenvalue weighted by Gasteiger charge is 2.17. The predicted molar refractivity (Wildman–Crippen MR) is 61.5 cm³/mol. The molecule has 0 fully saturated rings. The van der Waals surface area contributed by atoms with Gasteiger partial charge in [-0.2, -0.15) is 0 Å². The second kappa shape index (κ2) is 6.37. The average Bonchev–Trinajstić information content (AvgIpc) is 2.35. The number of nitrogens with two attached hydrogens (primary N) is 1. The normalized spacial score (nSPS) is 12.4. The van der Waals surface area contributed by atoms with Gasteiger partial charge >= 0.3 is 0 Å². The molecule has 0 aliphatic carbocycles. The van der Waals surface area contributed by atoms with Crippen LogP contribution in [0.15, 0.2) is 24.3 Å². The van der Waals surface area contributed by atoms with E-state index < -0.39 is 0 Å². The molecule has 0 bridgehead atoms. The maximum absolute atomic E-state index is 11.6. The first-order valence-corrected chi connectivity index (χ1v) is 5.08. The molecule has 88 valence electrons. The van der Waals surface area contributed by atoms with E-state index in [0.29, 0.717) is 12.2 Å². The van der Waals surface area contributed by atoms with Gasteiger partial charge in [0.15, 0.2) is 5.78 Å².